The molecule has 0 aliphatic heterocycles. The Hall–Kier alpha value is -1.71. The highest BCUT2D eigenvalue weighted by atomic mass is 16.6. The number of hydrogen-bond donors (Lipinski definition) is 0. The van der Waals surface area contributed by atoms with Crippen molar-refractivity contribution in [3.05, 3.63) is 24.3 Å². The van der Waals surface area contributed by atoms with E-state index in [-0.39, 0.29) is 5.97 Å². The monoisotopic (exact) mass is 280 g/mol. The van der Waals surface area contributed by atoms with Crippen molar-refractivity contribution >= 4 is 5.97 Å². The third-order valence-electron chi connectivity index (χ3n) is 2.35. The predicted molar refractivity (Wildman–Crippen MR) is 78.2 cm³/mol. The van der Waals surface area contributed by atoms with Gasteiger partial charge in [-0.25, -0.2) is 4.79 Å². The maximum atomic E-state index is 11.8. The molecule has 0 radical (unpaired) electrons. The summed E-state index contributed by atoms with van der Waals surface area (Å²) in [4.78, 5) is 11.8. The van der Waals surface area contributed by atoms with Crippen LogP contribution >= 0.6 is 0 Å². The fourth-order valence-electron chi connectivity index (χ4n) is 1.47. The summed E-state index contributed by atoms with van der Waals surface area (Å²) in [7, 11) is 0. The first-order chi connectivity index (χ1) is 9.31. The van der Waals surface area contributed by atoms with Crippen LogP contribution in [-0.4, -0.2) is 24.3 Å². The molecule has 1 aromatic rings. The zero-order chi connectivity index (χ0) is 15.2. The molecule has 4 nitrogen and oxygen atoms in total. The third kappa shape index (κ3) is 5.95. The molecule has 112 valence electrons. The molecular weight excluding hydrogens is 256 g/mol. The first-order valence-electron chi connectivity index (χ1n) is 6.94. The molecule has 0 aliphatic carbocycles. The lowest BCUT2D eigenvalue weighted by Gasteiger charge is -2.22. The molecular formula is C16H24O4. The fraction of sp³-hybridized carbons (Fsp3) is 0.562. The summed E-state index contributed by atoms with van der Waals surface area (Å²) in [6.45, 7) is 9.91. The smallest absolute Gasteiger partial charge is 0.347 e. The molecule has 1 aromatic carbocycles. The van der Waals surface area contributed by atoms with Crippen molar-refractivity contribution in [2.45, 2.75) is 52.7 Å². The summed E-state index contributed by atoms with van der Waals surface area (Å²) in [5.74, 6) is 1.04. The SMILES string of the molecule is CCCOc1ccc(OC(C)C(=O)OC(C)(C)C)cc1. The molecule has 0 saturated heterocycles. The zero-order valence-corrected chi connectivity index (χ0v) is 12.9. The van der Waals surface area contributed by atoms with E-state index in [9.17, 15) is 4.79 Å². The minimum atomic E-state index is -0.642. The molecule has 20 heavy (non-hydrogen) atoms. The Morgan fingerprint density at radius 2 is 1.70 bits per heavy atom. The van der Waals surface area contributed by atoms with E-state index in [1.165, 1.54) is 0 Å². The van der Waals surface area contributed by atoms with Gasteiger partial charge in [0.1, 0.15) is 17.1 Å². The van der Waals surface area contributed by atoms with Gasteiger partial charge in [0, 0.05) is 0 Å². The molecule has 1 unspecified atom stereocenters. The number of rotatable bonds is 6. The van der Waals surface area contributed by atoms with E-state index in [0.717, 1.165) is 12.2 Å². The number of ether oxygens (including phenoxy) is 3. The van der Waals surface area contributed by atoms with Gasteiger partial charge in [-0.1, -0.05) is 6.92 Å². The second-order valence-corrected chi connectivity index (χ2v) is 5.61. The number of carbonyl (C=O) groups excluding carboxylic acids is 1. The van der Waals surface area contributed by atoms with Crippen LogP contribution in [0, 0.1) is 0 Å². The van der Waals surface area contributed by atoms with E-state index in [0.29, 0.717) is 12.4 Å². The van der Waals surface area contributed by atoms with E-state index in [1.807, 2.05) is 32.9 Å². The van der Waals surface area contributed by atoms with Gasteiger partial charge in [0.15, 0.2) is 6.10 Å². The first-order valence-corrected chi connectivity index (χ1v) is 6.94. The highest BCUT2D eigenvalue weighted by Crippen LogP contribution is 2.19. The molecule has 1 rings (SSSR count). The Morgan fingerprint density at radius 1 is 1.15 bits per heavy atom. The molecule has 0 N–H and O–H groups in total. The Kier molecular flexibility index (Phi) is 5.86. The van der Waals surface area contributed by atoms with Gasteiger partial charge in [-0.05, 0) is 58.4 Å². The molecule has 0 saturated carbocycles. The minimum absolute atomic E-state index is 0.371. The summed E-state index contributed by atoms with van der Waals surface area (Å²) in [5, 5.41) is 0. The van der Waals surface area contributed by atoms with Gasteiger partial charge >= 0.3 is 5.97 Å². The highest BCUT2D eigenvalue weighted by molar-refractivity contribution is 5.75. The molecule has 1 atom stereocenters. The lowest BCUT2D eigenvalue weighted by molar-refractivity contribution is -0.162. The molecule has 0 spiro atoms. The van der Waals surface area contributed by atoms with Crippen LogP contribution in [0.1, 0.15) is 41.0 Å². The van der Waals surface area contributed by atoms with Crippen molar-refractivity contribution in [3.8, 4) is 11.5 Å². The standard InChI is InChI=1S/C16H24O4/c1-6-11-18-13-7-9-14(10-8-13)19-12(2)15(17)20-16(3,4)5/h7-10,12H,6,11H2,1-5H3. The molecule has 0 bridgehead atoms. The number of esters is 1. The van der Waals surface area contributed by atoms with Crippen molar-refractivity contribution in [1.82, 2.24) is 0 Å². The van der Waals surface area contributed by atoms with E-state index < -0.39 is 11.7 Å². The average molecular weight is 280 g/mol. The summed E-state index contributed by atoms with van der Waals surface area (Å²) in [6, 6.07) is 7.22. The predicted octanol–water partition coefficient (Wildman–Crippen LogP) is 3.58. The van der Waals surface area contributed by atoms with E-state index in [1.54, 1.807) is 19.1 Å². The summed E-state index contributed by atoms with van der Waals surface area (Å²) < 4.78 is 16.3. The topological polar surface area (TPSA) is 44.8 Å². The Bertz CT molecular complexity index is 417. The van der Waals surface area contributed by atoms with Crippen molar-refractivity contribution in [2.24, 2.45) is 0 Å². The van der Waals surface area contributed by atoms with Gasteiger partial charge in [-0.3, -0.25) is 0 Å². The van der Waals surface area contributed by atoms with Crippen LogP contribution < -0.4 is 9.47 Å². The van der Waals surface area contributed by atoms with Crippen molar-refractivity contribution in [3.63, 3.8) is 0 Å². The summed E-state index contributed by atoms with van der Waals surface area (Å²) in [6.07, 6.45) is 0.324. The van der Waals surface area contributed by atoms with Crippen molar-refractivity contribution < 1.29 is 19.0 Å². The van der Waals surface area contributed by atoms with Crippen molar-refractivity contribution in [1.29, 1.82) is 0 Å². The Balaban J connectivity index is 2.53. The summed E-state index contributed by atoms with van der Waals surface area (Å²) >= 11 is 0. The van der Waals surface area contributed by atoms with Crippen molar-refractivity contribution in [2.75, 3.05) is 6.61 Å². The quantitative estimate of drug-likeness (QED) is 0.747. The number of benzene rings is 1. The maximum absolute atomic E-state index is 11.8. The lowest BCUT2D eigenvalue weighted by atomic mass is 10.2. The molecule has 4 heteroatoms. The van der Waals surface area contributed by atoms with Gasteiger partial charge in [-0.2, -0.15) is 0 Å². The van der Waals surface area contributed by atoms with Gasteiger partial charge in [0.05, 0.1) is 6.61 Å². The molecule has 0 heterocycles. The minimum Gasteiger partial charge on any atom is -0.494 e. The van der Waals surface area contributed by atoms with Crippen LogP contribution in [0.15, 0.2) is 24.3 Å². The zero-order valence-electron chi connectivity index (χ0n) is 12.9. The van der Waals surface area contributed by atoms with Crippen LogP contribution in [-0.2, 0) is 9.53 Å². The fourth-order valence-corrected chi connectivity index (χ4v) is 1.47. The van der Waals surface area contributed by atoms with Crippen LogP contribution in [0.25, 0.3) is 0 Å². The second-order valence-electron chi connectivity index (χ2n) is 5.61. The van der Waals surface area contributed by atoms with Crippen LogP contribution in [0.5, 0.6) is 11.5 Å². The number of carbonyl (C=O) groups is 1. The first kappa shape index (κ1) is 16.3. The van der Waals surface area contributed by atoms with E-state index in [2.05, 4.69) is 6.92 Å². The Labute approximate surface area is 121 Å². The molecule has 0 aliphatic rings. The van der Waals surface area contributed by atoms with Gasteiger partial charge in [0.25, 0.3) is 0 Å². The molecule has 0 aromatic heterocycles. The van der Waals surface area contributed by atoms with Crippen LogP contribution in [0.2, 0.25) is 0 Å². The highest BCUT2D eigenvalue weighted by Gasteiger charge is 2.22. The third-order valence-corrected chi connectivity index (χ3v) is 2.35. The number of hydrogen-bond acceptors (Lipinski definition) is 4. The van der Waals surface area contributed by atoms with E-state index in [4.69, 9.17) is 14.2 Å². The average Bonchev–Trinajstić information content (AvgIpc) is 2.36. The lowest BCUT2D eigenvalue weighted by Crippen LogP contribution is -2.33. The van der Waals surface area contributed by atoms with E-state index >= 15 is 0 Å². The normalized spacial score (nSPS) is 12.7. The molecule has 0 fully saturated rings. The van der Waals surface area contributed by atoms with Gasteiger partial charge < -0.3 is 14.2 Å². The maximum Gasteiger partial charge on any atom is 0.347 e. The van der Waals surface area contributed by atoms with Gasteiger partial charge in [-0.15, -0.1) is 0 Å². The van der Waals surface area contributed by atoms with Gasteiger partial charge in [0.2, 0.25) is 0 Å². The van der Waals surface area contributed by atoms with Crippen LogP contribution in [0.4, 0.5) is 0 Å². The summed E-state index contributed by atoms with van der Waals surface area (Å²) in [5.41, 5.74) is -0.507. The second kappa shape index (κ2) is 7.17. The largest absolute Gasteiger partial charge is 0.494 e. The van der Waals surface area contributed by atoms with Crippen LogP contribution in [0.3, 0.4) is 0 Å². The molecule has 0 amide bonds. The Morgan fingerprint density at radius 3 is 2.20 bits per heavy atom.